The van der Waals surface area contributed by atoms with Gasteiger partial charge in [0.1, 0.15) is 0 Å². The fourth-order valence-electron chi connectivity index (χ4n) is 0.889. The molecule has 0 bridgehead atoms. The maximum absolute atomic E-state index is 5.45. The zero-order valence-electron chi connectivity index (χ0n) is 6.78. The lowest BCUT2D eigenvalue weighted by Crippen LogP contribution is -3.00. The summed E-state index contributed by atoms with van der Waals surface area (Å²) in [6.45, 7) is 1.57. The van der Waals surface area contributed by atoms with Crippen LogP contribution in [0.25, 0.3) is 0 Å². The van der Waals surface area contributed by atoms with E-state index in [0.717, 1.165) is 12.3 Å². The molecule has 2 N–H and O–H groups in total. The Balaban J connectivity index is 0.00000121. The second-order valence-electron chi connectivity index (χ2n) is 2.37. The largest absolute Gasteiger partial charge is 1.00 e. The third kappa shape index (κ3) is 3.56. The molecule has 0 amide bonds. The van der Waals surface area contributed by atoms with E-state index in [1.165, 1.54) is 5.56 Å². The zero-order chi connectivity index (χ0) is 8.10. The summed E-state index contributed by atoms with van der Waals surface area (Å²) in [4.78, 5) is 0. The molecule has 0 atom stereocenters. The van der Waals surface area contributed by atoms with Gasteiger partial charge in [0.05, 0.1) is 0 Å². The molecule has 12 heavy (non-hydrogen) atoms. The number of rotatable bonds is 3. The van der Waals surface area contributed by atoms with Gasteiger partial charge in [-0.2, -0.15) is 12.6 Å². The Hall–Kier alpha value is -0.0600. The Kier molecular flexibility index (Phi) is 6.42. The molecule has 0 saturated carbocycles. The van der Waals surface area contributed by atoms with Crippen LogP contribution in [0, 0.1) is 0 Å². The fourth-order valence-corrected chi connectivity index (χ4v) is 1.12. The first kappa shape index (κ1) is 11.9. The zero-order valence-corrected chi connectivity index (χ0v) is 9.26. The van der Waals surface area contributed by atoms with Gasteiger partial charge in [0.25, 0.3) is 0 Å². The molecule has 1 aromatic heterocycles. The number of nitrogens with two attached hydrogens (primary N) is 1. The van der Waals surface area contributed by atoms with Gasteiger partial charge in [-0.1, -0.05) is 0 Å². The SMILES string of the molecule is NCc1cc[n+](CCS)cc1.[Br-]. The van der Waals surface area contributed by atoms with Crippen molar-refractivity contribution in [1.82, 2.24) is 0 Å². The highest BCUT2D eigenvalue weighted by Crippen LogP contribution is 1.91. The van der Waals surface area contributed by atoms with Crippen LogP contribution in [0.2, 0.25) is 0 Å². The van der Waals surface area contributed by atoms with Crippen molar-refractivity contribution in [3.8, 4) is 0 Å². The Bertz CT molecular complexity index is 213. The third-order valence-electron chi connectivity index (χ3n) is 1.55. The molecule has 4 heteroatoms. The average molecular weight is 249 g/mol. The van der Waals surface area contributed by atoms with E-state index in [4.69, 9.17) is 5.73 Å². The molecule has 1 rings (SSSR count). The lowest BCUT2D eigenvalue weighted by molar-refractivity contribution is -0.692. The van der Waals surface area contributed by atoms with Crippen LogP contribution in [0.15, 0.2) is 24.5 Å². The monoisotopic (exact) mass is 248 g/mol. The first-order valence-electron chi connectivity index (χ1n) is 3.65. The van der Waals surface area contributed by atoms with Crippen molar-refractivity contribution in [2.75, 3.05) is 5.75 Å². The van der Waals surface area contributed by atoms with Crippen molar-refractivity contribution in [1.29, 1.82) is 0 Å². The second-order valence-corrected chi connectivity index (χ2v) is 2.82. The van der Waals surface area contributed by atoms with Gasteiger partial charge >= 0.3 is 0 Å². The highest BCUT2D eigenvalue weighted by molar-refractivity contribution is 7.80. The van der Waals surface area contributed by atoms with Gasteiger partial charge in [0, 0.05) is 24.4 Å². The van der Waals surface area contributed by atoms with Gasteiger partial charge in [0.15, 0.2) is 18.9 Å². The van der Waals surface area contributed by atoms with E-state index in [1.54, 1.807) is 0 Å². The standard InChI is InChI=1S/C8H12N2S.BrH/c9-7-8-1-3-10(4-2-8)5-6-11;/h1-4H,5-7,9H2;1H. The number of aryl methyl sites for hydroxylation is 1. The minimum atomic E-state index is 0. The van der Waals surface area contributed by atoms with Crippen molar-refractivity contribution in [2.45, 2.75) is 13.1 Å². The maximum atomic E-state index is 5.45. The van der Waals surface area contributed by atoms with Gasteiger partial charge in [0.2, 0.25) is 0 Å². The van der Waals surface area contributed by atoms with Crippen LogP contribution in [0.5, 0.6) is 0 Å². The first-order valence-corrected chi connectivity index (χ1v) is 4.29. The van der Waals surface area contributed by atoms with Gasteiger partial charge in [-0.25, -0.2) is 4.57 Å². The maximum Gasteiger partial charge on any atom is 0.169 e. The minimum absolute atomic E-state index is 0. The molecule has 1 heterocycles. The van der Waals surface area contributed by atoms with Crippen LogP contribution in [-0.4, -0.2) is 5.75 Å². The van der Waals surface area contributed by atoms with E-state index in [9.17, 15) is 0 Å². The Morgan fingerprint density at radius 1 is 1.33 bits per heavy atom. The quantitative estimate of drug-likeness (QED) is 0.445. The van der Waals surface area contributed by atoms with Crippen LogP contribution in [-0.2, 0) is 13.1 Å². The lowest BCUT2D eigenvalue weighted by Gasteiger charge is -1.94. The van der Waals surface area contributed by atoms with Crippen LogP contribution in [0.4, 0.5) is 0 Å². The van der Waals surface area contributed by atoms with E-state index in [-0.39, 0.29) is 17.0 Å². The number of nitrogens with zero attached hydrogens (tertiary/aromatic N) is 1. The molecule has 0 saturated heterocycles. The topological polar surface area (TPSA) is 29.9 Å². The van der Waals surface area contributed by atoms with E-state index < -0.39 is 0 Å². The molecule has 2 nitrogen and oxygen atoms in total. The van der Waals surface area contributed by atoms with Crippen molar-refractivity contribution < 1.29 is 21.5 Å². The summed E-state index contributed by atoms with van der Waals surface area (Å²) in [6, 6.07) is 4.06. The predicted molar refractivity (Wildman–Crippen MR) is 48.4 cm³/mol. The summed E-state index contributed by atoms with van der Waals surface area (Å²) in [6.07, 6.45) is 4.05. The van der Waals surface area contributed by atoms with Crippen LogP contribution < -0.4 is 27.3 Å². The molecular formula is C8H13BrN2S. The molecule has 0 aromatic carbocycles. The van der Waals surface area contributed by atoms with Gasteiger partial charge in [-0.15, -0.1) is 0 Å². The van der Waals surface area contributed by atoms with E-state index >= 15 is 0 Å². The number of hydrogen-bond donors (Lipinski definition) is 2. The van der Waals surface area contributed by atoms with Crippen molar-refractivity contribution >= 4 is 12.6 Å². The molecule has 0 spiro atoms. The van der Waals surface area contributed by atoms with Crippen molar-refractivity contribution in [2.24, 2.45) is 5.73 Å². The third-order valence-corrected chi connectivity index (χ3v) is 1.75. The molecule has 0 aliphatic heterocycles. The van der Waals surface area contributed by atoms with E-state index in [1.807, 2.05) is 24.5 Å². The summed E-state index contributed by atoms with van der Waals surface area (Å²) in [5, 5.41) is 0. The molecule has 0 aliphatic carbocycles. The number of halogens is 1. The highest BCUT2D eigenvalue weighted by Gasteiger charge is 1.96. The number of pyridine rings is 1. The first-order chi connectivity index (χ1) is 5.36. The summed E-state index contributed by atoms with van der Waals surface area (Å²) in [7, 11) is 0. The van der Waals surface area contributed by atoms with E-state index in [2.05, 4.69) is 17.2 Å². The summed E-state index contributed by atoms with van der Waals surface area (Å²) < 4.78 is 2.09. The Morgan fingerprint density at radius 3 is 2.33 bits per heavy atom. The Labute approximate surface area is 89.0 Å². The molecule has 0 aliphatic rings. The normalized spacial score (nSPS) is 9.17. The smallest absolute Gasteiger partial charge is 0.169 e. The molecule has 0 unspecified atom stereocenters. The lowest BCUT2D eigenvalue weighted by atomic mass is 10.3. The van der Waals surface area contributed by atoms with Gasteiger partial charge in [-0.05, 0) is 5.56 Å². The number of hydrogen-bond acceptors (Lipinski definition) is 2. The predicted octanol–water partition coefficient (Wildman–Crippen LogP) is -2.63. The van der Waals surface area contributed by atoms with Crippen LogP contribution in [0.3, 0.4) is 0 Å². The second kappa shape index (κ2) is 6.46. The van der Waals surface area contributed by atoms with Crippen molar-refractivity contribution in [3.63, 3.8) is 0 Å². The van der Waals surface area contributed by atoms with Gasteiger partial charge in [-0.3, -0.25) is 0 Å². The molecule has 0 radical (unpaired) electrons. The van der Waals surface area contributed by atoms with Gasteiger partial charge < -0.3 is 22.7 Å². The number of aromatic nitrogens is 1. The molecule has 1 aromatic rings. The highest BCUT2D eigenvalue weighted by atomic mass is 79.9. The molecule has 68 valence electrons. The van der Waals surface area contributed by atoms with Crippen LogP contribution >= 0.6 is 12.6 Å². The number of thiol groups is 1. The fraction of sp³-hybridized carbons (Fsp3) is 0.375. The van der Waals surface area contributed by atoms with Crippen molar-refractivity contribution in [3.05, 3.63) is 30.1 Å². The molecular weight excluding hydrogens is 236 g/mol. The van der Waals surface area contributed by atoms with Crippen LogP contribution in [0.1, 0.15) is 5.56 Å². The summed E-state index contributed by atoms with van der Waals surface area (Å²) >= 11 is 4.14. The Morgan fingerprint density at radius 2 is 1.92 bits per heavy atom. The summed E-state index contributed by atoms with van der Waals surface area (Å²) in [5.41, 5.74) is 6.62. The average Bonchev–Trinajstić information content (AvgIpc) is 2.07. The molecule has 0 fully saturated rings. The van der Waals surface area contributed by atoms with E-state index in [0.29, 0.717) is 6.54 Å². The minimum Gasteiger partial charge on any atom is -1.00 e. The summed E-state index contributed by atoms with van der Waals surface area (Å²) in [5.74, 6) is 0.868.